The van der Waals surface area contributed by atoms with Crippen molar-refractivity contribution in [3.8, 4) is 0 Å². The average Bonchev–Trinajstić information content (AvgIpc) is 2.90. The zero-order chi connectivity index (χ0) is 14.4. The Morgan fingerprint density at radius 2 is 2.00 bits per heavy atom. The van der Waals surface area contributed by atoms with Crippen LogP contribution >= 0.6 is 0 Å². The fourth-order valence-corrected chi connectivity index (χ4v) is 2.03. The number of benzene rings is 1. The maximum Gasteiger partial charge on any atom is 0.231 e. The van der Waals surface area contributed by atoms with Gasteiger partial charge in [0.25, 0.3) is 0 Å². The minimum atomic E-state index is -0.0751. The van der Waals surface area contributed by atoms with Gasteiger partial charge in [0.2, 0.25) is 11.7 Å². The van der Waals surface area contributed by atoms with Crippen molar-refractivity contribution >= 4 is 5.69 Å². The van der Waals surface area contributed by atoms with Crippen molar-refractivity contribution in [1.29, 1.82) is 0 Å². The van der Waals surface area contributed by atoms with Gasteiger partial charge in [-0.15, -0.1) is 0 Å². The van der Waals surface area contributed by atoms with Gasteiger partial charge in [-0.3, -0.25) is 0 Å². The molecule has 1 aromatic carbocycles. The van der Waals surface area contributed by atoms with Crippen LogP contribution in [0.1, 0.15) is 50.1 Å². The number of nitrogens with zero attached hydrogens (tertiary/aromatic N) is 2. The van der Waals surface area contributed by atoms with E-state index in [0.717, 1.165) is 24.1 Å². The van der Waals surface area contributed by atoms with Gasteiger partial charge in [0.15, 0.2) is 0 Å². The lowest BCUT2D eigenvalue weighted by molar-refractivity contribution is 0.0478. The van der Waals surface area contributed by atoms with Gasteiger partial charge in [0.05, 0.1) is 6.42 Å². The van der Waals surface area contributed by atoms with E-state index in [-0.39, 0.29) is 6.10 Å². The number of ether oxygens (including phenoxy) is 1. The molecule has 20 heavy (non-hydrogen) atoms. The number of hydrogen-bond acceptors (Lipinski definition) is 5. The highest BCUT2D eigenvalue weighted by Crippen LogP contribution is 2.20. The minimum absolute atomic E-state index is 0.0751. The zero-order valence-corrected chi connectivity index (χ0v) is 12.0. The fourth-order valence-electron chi connectivity index (χ4n) is 2.03. The molecule has 2 rings (SSSR count). The Morgan fingerprint density at radius 1 is 1.25 bits per heavy atom. The lowest BCUT2D eigenvalue weighted by Gasteiger charge is -2.11. The molecule has 0 radical (unpaired) electrons. The summed E-state index contributed by atoms with van der Waals surface area (Å²) in [5, 5.41) is 4.03. The number of anilines is 1. The van der Waals surface area contributed by atoms with E-state index in [0.29, 0.717) is 24.7 Å². The SMILES string of the molecule is CCCC(OCC)c1noc(Cc2ccc(N)cc2)n1. The number of rotatable bonds is 7. The largest absolute Gasteiger partial charge is 0.399 e. The average molecular weight is 275 g/mol. The Labute approximate surface area is 119 Å². The molecule has 0 aliphatic rings. The molecule has 1 aromatic heterocycles. The van der Waals surface area contributed by atoms with E-state index in [2.05, 4.69) is 17.1 Å². The summed E-state index contributed by atoms with van der Waals surface area (Å²) in [6.45, 7) is 4.73. The molecule has 0 aliphatic heterocycles. The second kappa shape index (κ2) is 7.05. The molecule has 1 atom stereocenters. The summed E-state index contributed by atoms with van der Waals surface area (Å²) in [4.78, 5) is 4.43. The van der Waals surface area contributed by atoms with Crippen molar-refractivity contribution in [3.63, 3.8) is 0 Å². The number of hydrogen-bond donors (Lipinski definition) is 1. The third-order valence-electron chi connectivity index (χ3n) is 3.03. The Hall–Kier alpha value is -1.88. The van der Waals surface area contributed by atoms with Gasteiger partial charge in [0, 0.05) is 12.3 Å². The molecule has 0 spiro atoms. The van der Waals surface area contributed by atoms with E-state index in [9.17, 15) is 0 Å². The third kappa shape index (κ3) is 3.81. The molecular formula is C15H21N3O2. The van der Waals surface area contributed by atoms with Crippen LogP contribution in [0.3, 0.4) is 0 Å². The second-order valence-corrected chi connectivity index (χ2v) is 4.70. The van der Waals surface area contributed by atoms with Crippen molar-refractivity contribution in [1.82, 2.24) is 10.1 Å². The summed E-state index contributed by atoms with van der Waals surface area (Å²) in [7, 11) is 0. The van der Waals surface area contributed by atoms with Crippen LogP contribution in [0.4, 0.5) is 5.69 Å². The van der Waals surface area contributed by atoms with Gasteiger partial charge in [-0.25, -0.2) is 0 Å². The maximum atomic E-state index is 5.66. The van der Waals surface area contributed by atoms with E-state index < -0.39 is 0 Å². The molecule has 0 bridgehead atoms. The topological polar surface area (TPSA) is 74.2 Å². The smallest absolute Gasteiger partial charge is 0.231 e. The van der Waals surface area contributed by atoms with Gasteiger partial charge in [-0.05, 0) is 31.0 Å². The van der Waals surface area contributed by atoms with Crippen LogP contribution in [-0.2, 0) is 11.2 Å². The molecule has 0 saturated heterocycles. The van der Waals surface area contributed by atoms with Crippen molar-refractivity contribution in [2.75, 3.05) is 12.3 Å². The van der Waals surface area contributed by atoms with Gasteiger partial charge >= 0.3 is 0 Å². The van der Waals surface area contributed by atoms with E-state index in [4.69, 9.17) is 15.0 Å². The second-order valence-electron chi connectivity index (χ2n) is 4.70. The quantitative estimate of drug-likeness (QED) is 0.786. The van der Waals surface area contributed by atoms with Gasteiger partial charge < -0.3 is 15.0 Å². The summed E-state index contributed by atoms with van der Waals surface area (Å²) >= 11 is 0. The Morgan fingerprint density at radius 3 is 2.65 bits per heavy atom. The van der Waals surface area contributed by atoms with Crippen LogP contribution < -0.4 is 5.73 Å². The van der Waals surface area contributed by atoms with Crippen molar-refractivity contribution in [2.45, 2.75) is 39.2 Å². The van der Waals surface area contributed by atoms with E-state index in [1.807, 2.05) is 31.2 Å². The highest BCUT2D eigenvalue weighted by molar-refractivity contribution is 5.39. The first-order chi connectivity index (χ1) is 9.72. The predicted molar refractivity (Wildman–Crippen MR) is 77.2 cm³/mol. The van der Waals surface area contributed by atoms with E-state index in [1.54, 1.807) is 0 Å². The molecule has 1 unspecified atom stereocenters. The monoisotopic (exact) mass is 275 g/mol. The molecule has 1 heterocycles. The predicted octanol–water partition coefficient (Wildman–Crippen LogP) is 3.12. The molecule has 0 aliphatic carbocycles. The molecule has 108 valence electrons. The molecule has 5 nitrogen and oxygen atoms in total. The maximum absolute atomic E-state index is 5.66. The van der Waals surface area contributed by atoms with Crippen molar-refractivity contribution < 1.29 is 9.26 Å². The lowest BCUT2D eigenvalue weighted by Crippen LogP contribution is -2.06. The molecule has 2 aromatic rings. The van der Waals surface area contributed by atoms with Crippen LogP contribution in [0.25, 0.3) is 0 Å². The zero-order valence-electron chi connectivity index (χ0n) is 12.0. The van der Waals surface area contributed by atoms with Gasteiger partial charge in [0.1, 0.15) is 6.10 Å². The third-order valence-corrected chi connectivity index (χ3v) is 3.03. The van der Waals surface area contributed by atoms with Crippen LogP contribution in [0.5, 0.6) is 0 Å². The molecule has 5 heteroatoms. The highest BCUT2D eigenvalue weighted by atomic mass is 16.5. The molecule has 0 saturated carbocycles. The Kier molecular flexibility index (Phi) is 5.12. The summed E-state index contributed by atoms with van der Waals surface area (Å²) in [5.41, 5.74) is 7.51. The van der Waals surface area contributed by atoms with E-state index >= 15 is 0 Å². The summed E-state index contributed by atoms with van der Waals surface area (Å²) in [6, 6.07) is 7.66. The highest BCUT2D eigenvalue weighted by Gasteiger charge is 2.17. The number of nitrogens with two attached hydrogens (primary N) is 1. The van der Waals surface area contributed by atoms with Gasteiger partial charge in [-0.2, -0.15) is 4.98 Å². The molecule has 0 amide bonds. The van der Waals surface area contributed by atoms with Crippen molar-refractivity contribution in [2.24, 2.45) is 0 Å². The van der Waals surface area contributed by atoms with Gasteiger partial charge in [-0.1, -0.05) is 30.6 Å². The van der Waals surface area contributed by atoms with E-state index in [1.165, 1.54) is 0 Å². The standard InChI is InChI=1S/C15H21N3O2/c1-3-5-13(19-4-2)15-17-14(20-18-15)10-11-6-8-12(16)9-7-11/h6-9,13H,3-5,10,16H2,1-2H3. The van der Waals surface area contributed by atoms with Crippen LogP contribution in [0.2, 0.25) is 0 Å². The summed E-state index contributed by atoms with van der Waals surface area (Å²) in [6.07, 6.45) is 2.45. The first kappa shape index (κ1) is 14.5. The number of aromatic nitrogens is 2. The fraction of sp³-hybridized carbons (Fsp3) is 0.467. The Bertz CT molecular complexity index is 516. The van der Waals surface area contributed by atoms with Crippen molar-refractivity contribution in [3.05, 3.63) is 41.5 Å². The first-order valence-corrected chi connectivity index (χ1v) is 7.01. The van der Waals surface area contributed by atoms with Crippen LogP contribution in [-0.4, -0.2) is 16.7 Å². The van der Waals surface area contributed by atoms with Crippen LogP contribution in [0, 0.1) is 0 Å². The molecule has 2 N–H and O–H groups in total. The molecular weight excluding hydrogens is 254 g/mol. The summed E-state index contributed by atoms with van der Waals surface area (Å²) in [5.74, 6) is 1.24. The number of nitrogen functional groups attached to an aromatic ring is 1. The molecule has 0 fully saturated rings. The first-order valence-electron chi connectivity index (χ1n) is 7.01. The Balaban J connectivity index is 2.05. The summed E-state index contributed by atoms with van der Waals surface area (Å²) < 4.78 is 10.9. The lowest BCUT2D eigenvalue weighted by atomic mass is 10.1. The minimum Gasteiger partial charge on any atom is -0.399 e. The van der Waals surface area contributed by atoms with Crippen LogP contribution in [0.15, 0.2) is 28.8 Å². The normalized spacial score (nSPS) is 12.5.